The minimum Gasteiger partial charge on any atom is -0.444 e. The van der Waals surface area contributed by atoms with Gasteiger partial charge in [-0.05, 0) is 139 Å². The van der Waals surface area contributed by atoms with Crippen molar-refractivity contribution in [3.63, 3.8) is 0 Å². The molecule has 4 amide bonds. The Labute approximate surface area is 461 Å². The number of anilines is 2. The standard InChI is InChI=1S/C36H47N7O10.C16H13Cl2N3O4/c1-35(2,3)52-33(46)40-17-7-9-27(40)31(44)38-25-13-11-21(19-29(25)42(48)49)23-15-16-24(37-23)22-12-14-26(30(20-22)43(50)51)39-32(45)28-10-8-18-41(28)34(47)53-36(4,5)6;17-11-3-1-9(7-15(11)20(22)23)13-5-6-14(19-13)10-2-4-12(18)16(8-10)21(24)25/h11-14,19-20,23-24,27-28,37H,7-10,15-18H2,1-6H3,(H,38,44)(H,39,45);1-4,7-8,13-14,19H,5-6H2/i/hD2. The number of nitro groups is 4. The van der Waals surface area contributed by atoms with Crippen LogP contribution in [0.4, 0.5) is 43.7 Å². The van der Waals surface area contributed by atoms with Gasteiger partial charge in [-0.3, -0.25) is 59.8 Å². The number of nitrogens with zero attached hydrogens (tertiary/aromatic N) is 6. The van der Waals surface area contributed by atoms with Gasteiger partial charge in [-0.1, -0.05) is 47.5 Å². The lowest BCUT2D eigenvalue weighted by Crippen LogP contribution is -2.45. The predicted octanol–water partition coefficient (Wildman–Crippen LogP) is 11.3. The molecule has 0 aliphatic carbocycles. The van der Waals surface area contributed by atoms with E-state index >= 15 is 0 Å². The molecule has 78 heavy (non-hydrogen) atoms. The summed E-state index contributed by atoms with van der Waals surface area (Å²) >= 11 is 11.7. The van der Waals surface area contributed by atoms with Crippen molar-refractivity contribution in [1.29, 1.82) is 0 Å². The molecule has 4 aromatic carbocycles. The summed E-state index contributed by atoms with van der Waals surface area (Å²) in [6.07, 6.45) is 2.56. The minimum atomic E-state index is -0.864. The number of benzene rings is 4. The maximum absolute atomic E-state index is 13.3. The van der Waals surface area contributed by atoms with Crippen molar-refractivity contribution in [2.24, 2.45) is 0 Å². The highest BCUT2D eigenvalue weighted by Crippen LogP contribution is 2.41. The van der Waals surface area contributed by atoms with Crippen LogP contribution in [0.3, 0.4) is 0 Å². The molecular formula is C52H60Cl2N10O14. The van der Waals surface area contributed by atoms with Crippen LogP contribution in [0.15, 0.2) is 72.8 Å². The molecule has 4 aliphatic heterocycles. The lowest BCUT2D eigenvalue weighted by atomic mass is 10.0. The molecule has 0 spiro atoms. The maximum Gasteiger partial charge on any atom is 0.410 e. The number of carbonyl (C=O) groups excluding carboxylic acids is 4. The van der Waals surface area contributed by atoms with E-state index in [-0.39, 0.29) is 56.3 Å². The molecule has 24 nitrogen and oxygen atoms in total. The van der Waals surface area contributed by atoms with Crippen molar-refractivity contribution in [3.8, 4) is 0 Å². The van der Waals surface area contributed by atoms with Gasteiger partial charge in [0.1, 0.15) is 47.5 Å². The number of amides is 4. The third-order valence-electron chi connectivity index (χ3n) is 13.3. The average Bonchev–Trinajstić information content (AvgIpc) is 4.22. The molecule has 4 aromatic rings. The first-order valence-corrected chi connectivity index (χ1v) is 25.9. The lowest BCUT2D eigenvalue weighted by Gasteiger charge is -2.28. The number of rotatable bonds is 12. The van der Waals surface area contributed by atoms with E-state index in [1.807, 2.05) is 0 Å². The summed E-state index contributed by atoms with van der Waals surface area (Å²) in [7, 11) is 0. The second-order valence-electron chi connectivity index (χ2n) is 21.2. The first kappa shape index (κ1) is 55.2. The van der Waals surface area contributed by atoms with Gasteiger partial charge in [0.15, 0.2) is 0 Å². The first-order chi connectivity index (χ1) is 37.5. The normalized spacial score (nSPS) is 21.9. The topological polar surface area (TPSA) is 314 Å². The van der Waals surface area contributed by atoms with Gasteiger partial charge >= 0.3 is 12.2 Å². The van der Waals surface area contributed by atoms with Crippen LogP contribution < -0.4 is 21.3 Å². The minimum absolute atomic E-state index is 0.0400. The largest absolute Gasteiger partial charge is 0.444 e. The summed E-state index contributed by atoms with van der Waals surface area (Å²) in [6.45, 7) is 10.9. The summed E-state index contributed by atoms with van der Waals surface area (Å²) in [6, 6.07) is 13.8. The highest BCUT2D eigenvalue weighted by atomic mass is 35.5. The van der Waals surface area contributed by atoms with Gasteiger partial charge in [-0.25, -0.2) is 9.59 Å². The Kier molecular flexibility index (Phi) is 17.0. The van der Waals surface area contributed by atoms with Gasteiger partial charge in [0.05, 0.1) is 19.7 Å². The number of nitrogens with one attached hydrogen (secondary N) is 4. The maximum atomic E-state index is 13.3. The number of nitro benzene ring substituents is 4. The molecule has 8 rings (SSSR count). The molecule has 26 heteroatoms. The smallest absolute Gasteiger partial charge is 0.410 e. The molecule has 0 saturated carbocycles. The lowest BCUT2D eigenvalue weighted by molar-refractivity contribution is -0.384. The molecular weight excluding hydrogens is 1060 g/mol. The van der Waals surface area contributed by atoms with Crippen LogP contribution in [0.1, 0.15) is 139 Å². The second-order valence-corrected chi connectivity index (χ2v) is 22.0. The van der Waals surface area contributed by atoms with Crippen molar-refractivity contribution in [1.82, 2.24) is 20.4 Å². The van der Waals surface area contributed by atoms with Gasteiger partial charge < -0.3 is 30.7 Å². The number of hydrogen-bond donors (Lipinski definition) is 4. The zero-order chi connectivity index (χ0) is 58.7. The zero-order valence-corrected chi connectivity index (χ0v) is 45.0. The van der Waals surface area contributed by atoms with Crippen LogP contribution >= 0.6 is 23.2 Å². The molecule has 4 fully saturated rings. The highest BCUT2D eigenvalue weighted by Gasteiger charge is 2.40. The molecule has 0 bridgehead atoms. The molecule has 4 saturated heterocycles. The van der Waals surface area contributed by atoms with Crippen LogP contribution in [0.2, 0.25) is 12.9 Å². The number of carbonyl (C=O) groups is 4. The second kappa shape index (κ2) is 24.0. The number of hydrogen-bond acceptors (Lipinski definition) is 16. The Balaban J connectivity index is 0.000000296. The third kappa shape index (κ3) is 14.1. The van der Waals surface area contributed by atoms with E-state index in [4.69, 9.17) is 35.5 Å². The predicted molar refractivity (Wildman–Crippen MR) is 287 cm³/mol. The van der Waals surface area contributed by atoms with Crippen molar-refractivity contribution in [2.45, 2.75) is 140 Å². The number of halogens is 2. The fourth-order valence-corrected chi connectivity index (χ4v) is 10.1. The molecule has 6 unspecified atom stereocenters. The van der Waals surface area contributed by atoms with Gasteiger partial charge in [-0.2, -0.15) is 0 Å². The quantitative estimate of drug-likeness (QED) is 0.0756. The van der Waals surface area contributed by atoms with E-state index in [9.17, 15) is 59.6 Å². The molecule has 4 N–H and O–H groups in total. The Morgan fingerprint density at radius 3 is 1.12 bits per heavy atom. The first-order valence-electron chi connectivity index (χ1n) is 26.0. The fraction of sp³-hybridized carbons (Fsp3) is 0.462. The molecule has 6 atom stereocenters. The Morgan fingerprint density at radius 1 is 0.526 bits per heavy atom. The summed E-state index contributed by atoms with van der Waals surface area (Å²) in [5, 5.41) is 54.4. The Morgan fingerprint density at radius 2 is 0.821 bits per heavy atom. The van der Waals surface area contributed by atoms with Crippen molar-refractivity contribution < 1.29 is 51.2 Å². The number of ether oxygens (including phenoxy) is 2. The van der Waals surface area contributed by atoms with Crippen molar-refractivity contribution in [3.05, 3.63) is 146 Å². The van der Waals surface area contributed by atoms with Crippen LogP contribution in [-0.2, 0) is 19.1 Å². The SMILES string of the molecule is [2H]N1C(c2ccc(Cl)c([N+](=O)[O-])c2)CCC1c1ccc(Cl)c([N+](=O)[O-])c1.[2H]N1C(c2ccc(NC(=O)C3CCCN3C(=O)OC(C)(C)C)c([N+](=O)[O-])c2)CCC1c1ccc(NC(=O)C2CCCN2C(=O)OC(C)(C)C)c([N+](=O)[O-])c1. The van der Waals surface area contributed by atoms with Crippen molar-refractivity contribution >= 4 is 81.3 Å². The van der Waals surface area contributed by atoms with Crippen LogP contribution in [-0.4, -0.2) is 89.9 Å². The zero-order valence-electron chi connectivity index (χ0n) is 45.5. The summed E-state index contributed by atoms with van der Waals surface area (Å²) in [5.74, 6) is -1.16. The van der Waals surface area contributed by atoms with Crippen LogP contribution in [0, 0.1) is 40.5 Å². The summed E-state index contributed by atoms with van der Waals surface area (Å²) in [5.41, 5.74) is -0.720. The van der Waals surface area contributed by atoms with Gasteiger partial charge in [0.25, 0.3) is 22.7 Å². The molecule has 4 aliphatic rings. The highest BCUT2D eigenvalue weighted by molar-refractivity contribution is 6.33. The van der Waals surface area contributed by atoms with Gasteiger partial charge in [0.2, 0.25) is 11.8 Å². The number of likely N-dealkylation sites (tertiary alicyclic amines) is 2. The molecule has 0 radical (unpaired) electrons. The Hall–Kier alpha value is -7.54. The van der Waals surface area contributed by atoms with Gasteiger partial charge in [0, 0.05) is 61.5 Å². The van der Waals surface area contributed by atoms with Crippen LogP contribution in [0.5, 0.6) is 0 Å². The van der Waals surface area contributed by atoms with E-state index in [2.05, 4.69) is 10.6 Å². The summed E-state index contributed by atoms with van der Waals surface area (Å²) in [4.78, 5) is 98.7. The van der Waals surface area contributed by atoms with E-state index < -0.39 is 79.1 Å². The fourth-order valence-electron chi connectivity index (χ4n) is 9.74. The molecule has 416 valence electrons. The monoisotopic (exact) mass is 1120 g/mol. The van der Waals surface area contributed by atoms with E-state index in [0.717, 1.165) is 0 Å². The third-order valence-corrected chi connectivity index (χ3v) is 14.0. The molecule has 4 heterocycles. The molecule has 0 aromatic heterocycles. The summed E-state index contributed by atoms with van der Waals surface area (Å²) < 4.78 is 28.2. The Bertz CT molecular complexity index is 2910. The van der Waals surface area contributed by atoms with Gasteiger partial charge in [-0.15, -0.1) is 0 Å². The average molecular weight is 1120 g/mol. The van der Waals surface area contributed by atoms with Crippen LogP contribution in [0.25, 0.3) is 0 Å². The van der Waals surface area contributed by atoms with E-state index in [1.54, 1.807) is 65.8 Å². The van der Waals surface area contributed by atoms with E-state index in [1.165, 1.54) is 69.0 Å². The van der Waals surface area contributed by atoms with Crippen molar-refractivity contribution in [2.75, 3.05) is 23.7 Å². The van der Waals surface area contributed by atoms with E-state index in [0.29, 0.717) is 86.7 Å².